The number of esters is 1. The first-order valence-corrected chi connectivity index (χ1v) is 9.35. The number of hydrogen-bond donors (Lipinski definition) is 1. The van der Waals surface area contributed by atoms with Crippen LogP contribution in [0, 0.1) is 0 Å². The molecular formula is C18H17Cl2NO3S. The summed E-state index contributed by atoms with van der Waals surface area (Å²) < 4.78 is 5.29. The molecule has 0 unspecified atom stereocenters. The van der Waals surface area contributed by atoms with Crippen molar-refractivity contribution in [1.29, 1.82) is 0 Å². The monoisotopic (exact) mass is 397 g/mol. The van der Waals surface area contributed by atoms with Crippen molar-refractivity contribution in [2.45, 2.75) is 24.8 Å². The molecule has 0 saturated carbocycles. The highest BCUT2D eigenvalue weighted by atomic mass is 35.5. The van der Waals surface area contributed by atoms with Crippen LogP contribution in [0.2, 0.25) is 10.0 Å². The molecule has 2 aromatic rings. The van der Waals surface area contributed by atoms with Crippen molar-refractivity contribution in [1.82, 2.24) is 0 Å². The molecular weight excluding hydrogens is 381 g/mol. The number of nitrogens with one attached hydrogen (secondary N) is 1. The van der Waals surface area contributed by atoms with E-state index >= 15 is 0 Å². The Morgan fingerprint density at radius 3 is 2.40 bits per heavy atom. The average molecular weight is 398 g/mol. The second-order valence-electron chi connectivity index (χ2n) is 5.06. The molecule has 7 heteroatoms. The molecule has 2 rings (SSSR count). The van der Waals surface area contributed by atoms with Crippen molar-refractivity contribution in [3.8, 4) is 0 Å². The van der Waals surface area contributed by atoms with Crippen LogP contribution in [-0.4, -0.2) is 23.7 Å². The van der Waals surface area contributed by atoms with Gasteiger partial charge in [-0.3, -0.25) is 4.79 Å². The standard InChI is InChI=1S/C18H17Cl2NO3S/c1-3-25-15-10-5-4-7-12(15)18(23)24-11(2)17(22)21-16-13(19)8-6-9-14(16)20/h4-11H,3H2,1-2H3,(H,21,22)/t11-/m1/s1. The SMILES string of the molecule is CCSc1ccccc1C(=O)O[C@H](C)C(=O)Nc1c(Cl)cccc1Cl. The Labute approximate surface area is 160 Å². The first-order valence-electron chi connectivity index (χ1n) is 7.61. The quantitative estimate of drug-likeness (QED) is 0.531. The first kappa shape index (κ1) is 19.6. The maximum atomic E-state index is 12.4. The van der Waals surface area contributed by atoms with E-state index in [1.165, 1.54) is 18.7 Å². The number of hydrogen-bond acceptors (Lipinski definition) is 4. The molecule has 0 aliphatic rings. The van der Waals surface area contributed by atoms with Crippen molar-refractivity contribution in [2.24, 2.45) is 0 Å². The molecule has 0 heterocycles. The molecule has 0 radical (unpaired) electrons. The van der Waals surface area contributed by atoms with Crippen LogP contribution in [0.1, 0.15) is 24.2 Å². The highest BCUT2D eigenvalue weighted by molar-refractivity contribution is 7.99. The van der Waals surface area contributed by atoms with Gasteiger partial charge >= 0.3 is 5.97 Å². The van der Waals surface area contributed by atoms with E-state index in [2.05, 4.69) is 5.32 Å². The third-order valence-electron chi connectivity index (χ3n) is 3.27. The van der Waals surface area contributed by atoms with Crippen LogP contribution >= 0.6 is 35.0 Å². The van der Waals surface area contributed by atoms with Gasteiger partial charge in [-0.1, -0.05) is 48.3 Å². The van der Waals surface area contributed by atoms with Gasteiger partial charge in [0.15, 0.2) is 6.10 Å². The van der Waals surface area contributed by atoms with Crippen molar-refractivity contribution in [3.05, 3.63) is 58.1 Å². The van der Waals surface area contributed by atoms with E-state index in [0.29, 0.717) is 21.3 Å². The van der Waals surface area contributed by atoms with E-state index in [0.717, 1.165) is 10.6 Å². The number of ether oxygens (including phenoxy) is 1. The summed E-state index contributed by atoms with van der Waals surface area (Å²) in [7, 11) is 0. The lowest BCUT2D eigenvalue weighted by Crippen LogP contribution is -2.30. The third-order valence-corrected chi connectivity index (χ3v) is 4.86. The van der Waals surface area contributed by atoms with Gasteiger partial charge in [0.05, 0.1) is 21.3 Å². The number of halogens is 2. The van der Waals surface area contributed by atoms with Gasteiger partial charge in [-0.2, -0.15) is 0 Å². The highest BCUT2D eigenvalue weighted by Crippen LogP contribution is 2.30. The summed E-state index contributed by atoms with van der Waals surface area (Å²) in [5.74, 6) is -0.237. The molecule has 0 spiro atoms. The molecule has 4 nitrogen and oxygen atoms in total. The number of benzene rings is 2. The number of carbonyl (C=O) groups excluding carboxylic acids is 2. The first-order chi connectivity index (χ1) is 11.9. The highest BCUT2D eigenvalue weighted by Gasteiger charge is 2.22. The van der Waals surface area contributed by atoms with E-state index < -0.39 is 18.0 Å². The number of amides is 1. The van der Waals surface area contributed by atoms with Crippen LogP contribution in [0.15, 0.2) is 47.4 Å². The molecule has 1 amide bonds. The van der Waals surface area contributed by atoms with Gasteiger partial charge in [-0.25, -0.2) is 4.79 Å². The van der Waals surface area contributed by atoms with E-state index in [-0.39, 0.29) is 0 Å². The Bertz CT molecular complexity index is 762. The van der Waals surface area contributed by atoms with E-state index in [1.807, 2.05) is 19.1 Å². The summed E-state index contributed by atoms with van der Waals surface area (Å²) >= 11 is 13.6. The van der Waals surface area contributed by atoms with Crippen molar-refractivity contribution in [2.75, 3.05) is 11.1 Å². The lowest BCUT2D eigenvalue weighted by molar-refractivity contribution is -0.123. The predicted octanol–water partition coefficient (Wildman–Crippen LogP) is 5.29. The second kappa shape index (κ2) is 9.13. The van der Waals surface area contributed by atoms with Crippen LogP contribution in [0.25, 0.3) is 0 Å². The van der Waals surface area contributed by atoms with Crippen molar-refractivity contribution < 1.29 is 14.3 Å². The molecule has 0 aliphatic heterocycles. The Kier molecular flexibility index (Phi) is 7.17. The van der Waals surface area contributed by atoms with Crippen LogP contribution in [-0.2, 0) is 9.53 Å². The zero-order valence-corrected chi connectivity index (χ0v) is 16.0. The van der Waals surface area contributed by atoms with Gasteiger partial charge in [0.25, 0.3) is 5.91 Å². The fourth-order valence-electron chi connectivity index (χ4n) is 2.04. The summed E-state index contributed by atoms with van der Waals surface area (Å²) in [6, 6.07) is 12.0. The summed E-state index contributed by atoms with van der Waals surface area (Å²) in [6.45, 7) is 3.49. The summed E-state index contributed by atoms with van der Waals surface area (Å²) in [4.78, 5) is 25.5. The van der Waals surface area contributed by atoms with Gasteiger partial charge in [-0.05, 0) is 36.9 Å². The number of carbonyl (C=O) groups is 2. The maximum absolute atomic E-state index is 12.4. The molecule has 0 bridgehead atoms. The molecule has 25 heavy (non-hydrogen) atoms. The summed E-state index contributed by atoms with van der Waals surface area (Å²) in [5, 5.41) is 3.21. The molecule has 2 aromatic carbocycles. The van der Waals surface area contributed by atoms with Crippen LogP contribution in [0.3, 0.4) is 0 Å². The molecule has 0 aromatic heterocycles. The van der Waals surface area contributed by atoms with Gasteiger partial charge in [0.1, 0.15) is 0 Å². The zero-order valence-electron chi connectivity index (χ0n) is 13.7. The van der Waals surface area contributed by atoms with Gasteiger partial charge in [0.2, 0.25) is 0 Å². The average Bonchev–Trinajstić information content (AvgIpc) is 2.58. The fourth-order valence-corrected chi connectivity index (χ4v) is 3.32. The second-order valence-corrected chi connectivity index (χ2v) is 7.18. The van der Waals surface area contributed by atoms with E-state index in [1.54, 1.807) is 30.3 Å². The van der Waals surface area contributed by atoms with Crippen molar-refractivity contribution >= 4 is 52.5 Å². The van der Waals surface area contributed by atoms with E-state index in [4.69, 9.17) is 27.9 Å². The third kappa shape index (κ3) is 5.14. The summed E-state index contributed by atoms with van der Waals surface area (Å²) in [6.07, 6.45) is -1.00. The number of para-hydroxylation sites is 1. The minimum absolute atomic E-state index is 0.292. The Morgan fingerprint density at radius 2 is 1.76 bits per heavy atom. The number of rotatable bonds is 6. The van der Waals surface area contributed by atoms with Gasteiger partial charge < -0.3 is 10.1 Å². The summed E-state index contributed by atoms with van der Waals surface area (Å²) in [5.41, 5.74) is 0.727. The largest absolute Gasteiger partial charge is 0.449 e. The Balaban J connectivity index is 2.07. The minimum atomic E-state index is -1.00. The maximum Gasteiger partial charge on any atom is 0.340 e. The Morgan fingerprint density at radius 1 is 1.12 bits per heavy atom. The van der Waals surface area contributed by atoms with E-state index in [9.17, 15) is 9.59 Å². The predicted molar refractivity (Wildman–Crippen MR) is 103 cm³/mol. The zero-order chi connectivity index (χ0) is 18.4. The molecule has 0 fully saturated rings. The lowest BCUT2D eigenvalue weighted by atomic mass is 10.2. The molecule has 0 aliphatic carbocycles. The van der Waals surface area contributed by atoms with Gasteiger partial charge in [-0.15, -0.1) is 11.8 Å². The normalized spacial score (nSPS) is 11.7. The molecule has 0 saturated heterocycles. The molecule has 132 valence electrons. The van der Waals surface area contributed by atoms with Crippen molar-refractivity contribution in [3.63, 3.8) is 0 Å². The molecule has 1 atom stereocenters. The number of thioether (sulfide) groups is 1. The fraction of sp³-hybridized carbons (Fsp3) is 0.222. The van der Waals surface area contributed by atoms with Gasteiger partial charge in [0, 0.05) is 4.90 Å². The Hall–Kier alpha value is -1.69. The molecule has 1 N–H and O–H groups in total. The lowest BCUT2D eigenvalue weighted by Gasteiger charge is -2.16. The van der Waals surface area contributed by atoms with Crippen LogP contribution in [0.5, 0.6) is 0 Å². The van der Waals surface area contributed by atoms with Crippen LogP contribution in [0.4, 0.5) is 5.69 Å². The van der Waals surface area contributed by atoms with Crippen LogP contribution < -0.4 is 5.32 Å². The number of anilines is 1. The smallest absolute Gasteiger partial charge is 0.340 e. The minimum Gasteiger partial charge on any atom is -0.449 e. The topological polar surface area (TPSA) is 55.4 Å².